The minimum Gasteiger partial charge on any atom is -0.385 e. The van der Waals surface area contributed by atoms with Crippen LogP contribution in [0.25, 0.3) is 0 Å². The summed E-state index contributed by atoms with van der Waals surface area (Å²) in [7, 11) is 1.71. The Morgan fingerprint density at radius 2 is 2.00 bits per heavy atom. The van der Waals surface area contributed by atoms with Crippen LogP contribution in [0.3, 0.4) is 0 Å². The van der Waals surface area contributed by atoms with Gasteiger partial charge in [-0.15, -0.1) is 10.2 Å². The molecule has 1 aromatic rings. The lowest BCUT2D eigenvalue weighted by Gasteiger charge is -2.11. The lowest BCUT2D eigenvalue weighted by atomic mass is 10.3. The Morgan fingerprint density at radius 3 is 2.70 bits per heavy atom. The van der Waals surface area contributed by atoms with Gasteiger partial charge < -0.3 is 19.9 Å². The summed E-state index contributed by atoms with van der Waals surface area (Å²) in [6.45, 7) is 6.34. The number of ether oxygens (including phenoxy) is 1. The molecule has 0 aliphatic carbocycles. The lowest BCUT2D eigenvalue weighted by Crippen LogP contribution is -2.38. The molecular weight excluding hydrogens is 256 g/mol. The number of nitrogens with zero attached hydrogens (tertiary/aromatic N) is 4. The van der Waals surface area contributed by atoms with E-state index >= 15 is 0 Å². The van der Waals surface area contributed by atoms with Gasteiger partial charge in [0.25, 0.3) is 0 Å². The van der Waals surface area contributed by atoms with Gasteiger partial charge in [-0.25, -0.2) is 0 Å². The summed E-state index contributed by atoms with van der Waals surface area (Å²) in [6.07, 6.45) is 6.61. The molecule has 0 atom stereocenters. The highest BCUT2D eigenvalue weighted by Gasteiger charge is 1.97. The normalized spacial score (nSPS) is 11.6. The molecule has 0 aromatic carbocycles. The van der Waals surface area contributed by atoms with Crippen molar-refractivity contribution in [1.29, 1.82) is 0 Å². The van der Waals surface area contributed by atoms with E-state index in [-0.39, 0.29) is 0 Å². The van der Waals surface area contributed by atoms with Crippen LogP contribution in [0, 0.1) is 0 Å². The zero-order valence-corrected chi connectivity index (χ0v) is 12.5. The lowest BCUT2D eigenvalue weighted by molar-refractivity contribution is 0.197. The van der Waals surface area contributed by atoms with Gasteiger partial charge in [0.2, 0.25) is 0 Å². The molecule has 0 aliphatic heterocycles. The van der Waals surface area contributed by atoms with Gasteiger partial charge >= 0.3 is 0 Å². The molecular formula is C13H26N6O. The van der Waals surface area contributed by atoms with Gasteiger partial charge in [0.05, 0.1) is 0 Å². The molecule has 0 aliphatic rings. The highest BCUT2D eigenvalue weighted by molar-refractivity contribution is 5.79. The first-order valence-electron chi connectivity index (χ1n) is 7.20. The van der Waals surface area contributed by atoms with Crippen LogP contribution >= 0.6 is 0 Å². The van der Waals surface area contributed by atoms with Gasteiger partial charge in [-0.1, -0.05) is 0 Å². The monoisotopic (exact) mass is 282 g/mol. The predicted molar refractivity (Wildman–Crippen MR) is 79.7 cm³/mol. The van der Waals surface area contributed by atoms with Crippen LogP contribution in [-0.2, 0) is 11.3 Å². The zero-order chi connectivity index (χ0) is 14.5. The molecule has 0 saturated heterocycles. The molecule has 1 aromatic heterocycles. The average molecular weight is 282 g/mol. The third kappa shape index (κ3) is 7.73. The number of aryl methyl sites for hydroxylation is 1. The smallest absolute Gasteiger partial charge is 0.191 e. The van der Waals surface area contributed by atoms with Crippen LogP contribution in [0.1, 0.15) is 26.2 Å². The number of unbranched alkanes of at least 4 members (excludes halogenated alkanes) is 1. The van der Waals surface area contributed by atoms with Crippen molar-refractivity contribution in [2.24, 2.45) is 4.99 Å². The van der Waals surface area contributed by atoms with Gasteiger partial charge in [-0.2, -0.15) is 0 Å². The predicted octanol–water partition coefficient (Wildman–Crippen LogP) is 0.650. The molecule has 1 rings (SSSR count). The summed E-state index contributed by atoms with van der Waals surface area (Å²) >= 11 is 0. The van der Waals surface area contributed by atoms with E-state index in [4.69, 9.17) is 4.74 Å². The quantitative estimate of drug-likeness (QED) is 0.374. The van der Waals surface area contributed by atoms with Gasteiger partial charge in [0, 0.05) is 39.9 Å². The molecule has 1 heterocycles. The first-order chi connectivity index (χ1) is 9.86. The molecule has 0 spiro atoms. The molecule has 2 N–H and O–H groups in total. The maximum absolute atomic E-state index is 5.01. The van der Waals surface area contributed by atoms with Crippen LogP contribution in [0.2, 0.25) is 0 Å². The fourth-order valence-corrected chi connectivity index (χ4v) is 1.71. The fraction of sp³-hybridized carbons (Fsp3) is 0.769. The Balaban J connectivity index is 2.11. The number of rotatable bonds is 10. The maximum Gasteiger partial charge on any atom is 0.191 e. The summed E-state index contributed by atoms with van der Waals surface area (Å²) in [6, 6.07) is 0. The van der Waals surface area contributed by atoms with Crippen molar-refractivity contribution in [2.75, 3.05) is 33.4 Å². The highest BCUT2D eigenvalue weighted by atomic mass is 16.5. The molecule has 0 fully saturated rings. The van der Waals surface area contributed by atoms with Crippen LogP contribution in [-0.4, -0.2) is 54.1 Å². The summed E-state index contributed by atoms with van der Waals surface area (Å²) in [4.78, 5) is 4.49. The second-order valence-electron chi connectivity index (χ2n) is 4.44. The van der Waals surface area contributed by atoms with Gasteiger partial charge in [-0.3, -0.25) is 4.99 Å². The number of hydrogen-bond donors (Lipinski definition) is 2. The Hall–Kier alpha value is -1.63. The van der Waals surface area contributed by atoms with Gasteiger partial charge in [0.15, 0.2) is 5.96 Å². The van der Waals surface area contributed by atoms with Crippen LogP contribution in [0.15, 0.2) is 17.6 Å². The van der Waals surface area contributed by atoms with Crippen molar-refractivity contribution < 1.29 is 4.74 Å². The summed E-state index contributed by atoms with van der Waals surface area (Å²) < 4.78 is 7.00. The Labute approximate surface area is 120 Å². The Kier molecular flexibility index (Phi) is 9.21. The van der Waals surface area contributed by atoms with E-state index in [1.54, 1.807) is 19.8 Å². The van der Waals surface area contributed by atoms with Crippen molar-refractivity contribution in [3.05, 3.63) is 12.7 Å². The average Bonchev–Trinajstić information content (AvgIpc) is 2.96. The van der Waals surface area contributed by atoms with Crippen molar-refractivity contribution in [2.45, 2.75) is 32.7 Å². The van der Waals surface area contributed by atoms with E-state index in [2.05, 4.69) is 32.7 Å². The number of hydrogen-bond acceptors (Lipinski definition) is 4. The van der Waals surface area contributed by atoms with E-state index in [0.717, 1.165) is 58.0 Å². The molecule has 114 valence electrons. The minimum atomic E-state index is 0.752. The van der Waals surface area contributed by atoms with E-state index < -0.39 is 0 Å². The molecule has 7 nitrogen and oxygen atoms in total. The number of aromatic nitrogens is 3. The van der Waals surface area contributed by atoms with Crippen LogP contribution in [0.4, 0.5) is 0 Å². The summed E-state index contributed by atoms with van der Waals surface area (Å²) in [5.74, 6) is 0.882. The van der Waals surface area contributed by atoms with Crippen molar-refractivity contribution in [3.8, 4) is 0 Å². The first-order valence-corrected chi connectivity index (χ1v) is 7.20. The third-order valence-corrected chi connectivity index (χ3v) is 2.72. The van der Waals surface area contributed by atoms with E-state index in [1.165, 1.54) is 0 Å². The SMILES string of the molecule is CCNC(=NCCCOC)NCCCCn1cnnc1. The third-order valence-electron chi connectivity index (χ3n) is 2.72. The Bertz CT molecular complexity index is 352. The van der Waals surface area contributed by atoms with Gasteiger partial charge in [-0.05, 0) is 26.2 Å². The van der Waals surface area contributed by atoms with E-state index in [9.17, 15) is 0 Å². The van der Waals surface area contributed by atoms with E-state index in [1.807, 2.05) is 4.57 Å². The zero-order valence-electron chi connectivity index (χ0n) is 12.5. The molecule has 7 heteroatoms. The fourth-order valence-electron chi connectivity index (χ4n) is 1.71. The summed E-state index contributed by atoms with van der Waals surface area (Å²) in [5, 5.41) is 14.1. The standard InChI is InChI=1S/C13H26N6O/c1-3-14-13(16-8-6-10-20-2)15-7-4-5-9-19-11-17-18-12-19/h11-12H,3-10H2,1-2H3,(H2,14,15,16). The van der Waals surface area contributed by atoms with Crippen LogP contribution < -0.4 is 10.6 Å². The highest BCUT2D eigenvalue weighted by Crippen LogP contribution is 1.92. The van der Waals surface area contributed by atoms with Crippen LogP contribution in [0.5, 0.6) is 0 Å². The number of guanidine groups is 1. The van der Waals surface area contributed by atoms with Crippen molar-refractivity contribution >= 4 is 5.96 Å². The van der Waals surface area contributed by atoms with E-state index in [0.29, 0.717) is 0 Å². The number of aliphatic imine (C=N–C) groups is 1. The second kappa shape index (κ2) is 11.2. The number of nitrogens with one attached hydrogen (secondary N) is 2. The molecule has 0 bridgehead atoms. The molecule has 0 unspecified atom stereocenters. The molecule has 20 heavy (non-hydrogen) atoms. The topological polar surface area (TPSA) is 76.4 Å². The summed E-state index contributed by atoms with van der Waals surface area (Å²) in [5.41, 5.74) is 0. The molecule has 0 amide bonds. The number of methoxy groups -OCH3 is 1. The second-order valence-corrected chi connectivity index (χ2v) is 4.44. The molecule has 0 saturated carbocycles. The first kappa shape index (κ1) is 16.4. The minimum absolute atomic E-state index is 0.752. The largest absolute Gasteiger partial charge is 0.385 e. The maximum atomic E-state index is 5.01. The van der Waals surface area contributed by atoms with Gasteiger partial charge in [0.1, 0.15) is 12.7 Å². The van der Waals surface area contributed by atoms with Crippen molar-refractivity contribution in [3.63, 3.8) is 0 Å². The Morgan fingerprint density at radius 1 is 1.20 bits per heavy atom. The van der Waals surface area contributed by atoms with Crippen molar-refractivity contribution in [1.82, 2.24) is 25.4 Å². The molecule has 0 radical (unpaired) electrons.